The third kappa shape index (κ3) is 43.1. The van der Waals surface area contributed by atoms with Crippen molar-refractivity contribution in [3.8, 4) is 0 Å². The van der Waals surface area contributed by atoms with Crippen LogP contribution in [-0.4, -0.2) is 37.2 Å². The number of carbonyl (C=O) groups is 3. The number of allylic oxidation sites excluding steroid dienone is 2. The molecule has 0 spiro atoms. The van der Waals surface area contributed by atoms with Crippen molar-refractivity contribution in [3.05, 3.63) is 12.2 Å². The first-order chi connectivity index (χ1) is 27.0. The summed E-state index contributed by atoms with van der Waals surface area (Å²) in [4.78, 5) is 37.8. The molecule has 0 bridgehead atoms. The molecule has 0 unspecified atom stereocenters. The molecule has 0 radical (unpaired) electrons. The van der Waals surface area contributed by atoms with Crippen LogP contribution in [0.4, 0.5) is 0 Å². The van der Waals surface area contributed by atoms with E-state index in [1.807, 2.05) is 0 Å². The summed E-state index contributed by atoms with van der Waals surface area (Å²) in [5.41, 5.74) is 0. The predicted octanol–water partition coefficient (Wildman–Crippen LogP) is 15.4. The molecule has 0 saturated heterocycles. The van der Waals surface area contributed by atoms with Crippen molar-refractivity contribution in [2.45, 2.75) is 271 Å². The average Bonchev–Trinajstić information content (AvgIpc) is 3.18. The van der Waals surface area contributed by atoms with Gasteiger partial charge in [-0.05, 0) is 44.9 Å². The number of hydrogen-bond acceptors (Lipinski definition) is 6. The average molecular weight is 777 g/mol. The molecule has 0 aliphatic carbocycles. The van der Waals surface area contributed by atoms with Gasteiger partial charge in [-0.2, -0.15) is 0 Å². The molecule has 0 atom stereocenters. The van der Waals surface area contributed by atoms with Crippen molar-refractivity contribution >= 4 is 17.9 Å². The highest BCUT2D eigenvalue weighted by molar-refractivity contribution is 5.71. The SMILES string of the molecule is CCCCCCCC/C=C/CCCCCCCC(=O)OC(COC(=O)CCCCCCCCCCCCC)COC(=O)CCCCCCCCCCCCC. The highest BCUT2D eigenvalue weighted by Crippen LogP contribution is 2.15. The van der Waals surface area contributed by atoms with E-state index in [-0.39, 0.29) is 31.1 Å². The molecule has 0 aromatic rings. The topological polar surface area (TPSA) is 78.9 Å². The van der Waals surface area contributed by atoms with E-state index >= 15 is 0 Å². The van der Waals surface area contributed by atoms with E-state index in [4.69, 9.17) is 14.2 Å². The van der Waals surface area contributed by atoms with Crippen LogP contribution in [0.15, 0.2) is 12.2 Å². The van der Waals surface area contributed by atoms with Crippen molar-refractivity contribution in [1.82, 2.24) is 0 Å². The van der Waals surface area contributed by atoms with Crippen molar-refractivity contribution in [1.29, 1.82) is 0 Å². The fraction of sp³-hybridized carbons (Fsp3) is 0.898. The molecule has 6 nitrogen and oxygen atoms in total. The fourth-order valence-corrected chi connectivity index (χ4v) is 7.08. The summed E-state index contributed by atoms with van der Waals surface area (Å²) >= 11 is 0. The van der Waals surface area contributed by atoms with E-state index < -0.39 is 6.10 Å². The normalized spacial score (nSPS) is 11.5. The van der Waals surface area contributed by atoms with E-state index in [1.165, 1.54) is 161 Å². The molecule has 0 heterocycles. The van der Waals surface area contributed by atoms with Crippen molar-refractivity contribution in [2.75, 3.05) is 13.2 Å². The number of carbonyl (C=O) groups excluding carboxylic acids is 3. The molecular formula is C49H92O6. The van der Waals surface area contributed by atoms with Gasteiger partial charge in [-0.15, -0.1) is 0 Å². The van der Waals surface area contributed by atoms with Crippen molar-refractivity contribution < 1.29 is 28.6 Å². The minimum atomic E-state index is -0.766. The van der Waals surface area contributed by atoms with Crippen LogP contribution in [0.3, 0.4) is 0 Å². The number of rotatable bonds is 44. The van der Waals surface area contributed by atoms with Gasteiger partial charge >= 0.3 is 17.9 Å². The zero-order valence-corrected chi connectivity index (χ0v) is 37.0. The monoisotopic (exact) mass is 777 g/mol. The third-order valence-corrected chi connectivity index (χ3v) is 10.8. The highest BCUT2D eigenvalue weighted by atomic mass is 16.6. The molecule has 0 aliphatic heterocycles. The van der Waals surface area contributed by atoms with Gasteiger partial charge in [0.1, 0.15) is 13.2 Å². The van der Waals surface area contributed by atoms with Gasteiger partial charge in [-0.3, -0.25) is 14.4 Å². The van der Waals surface area contributed by atoms with Crippen LogP contribution in [0.5, 0.6) is 0 Å². The Hall–Kier alpha value is -1.85. The zero-order chi connectivity index (χ0) is 40.1. The maximum atomic E-state index is 12.7. The summed E-state index contributed by atoms with van der Waals surface area (Å²) in [7, 11) is 0. The maximum absolute atomic E-state index is 12.7. The van der Waals surface area contributed by atoms with Gasteiger partial charge in [0.2, 0.25) is 0 Å². The molecule has 0 N–H and O–H groups in total. The first kappa shape index (κ1) is 53.1. The molecule has 0 aromatic carbocycles. The molecule has 324 valence electrons. The van der Waals surface area contributed by atoms with E-state index in [2.05, 4.69) is 32.9 Å². The number of hydrogen-bond donors (Lipinski definition) is 0. The lowest BCUT2D eigenvalue weighted by molar-refractivity contribution is -0.167. The Kier molecular flexibility index (Phi) is 43.4. The summed E-state index contributed by atoms with van der Waals surface area (Å²) in [5.74, 6) is -0.867. The maximum Gasteiger partial charge on any atom is 0.306 e. The molecule has 0 fully saturated rings. The lowest BCUT2D eigenvalue weighted by atomic mass is 10.1. The minimum Gasteiger partial charge on any atom is -0.462 e. The van der Waals surface area contributed by atoms with E-state index in [9.17, 15) is 14.4 Å². The quantitative estimate of drug-likeness (QED) is 0.0265. The Labute approximate surface area is 341 Å². The van der Waals surface area contributed by atoms with Gasteiger partial charge in [0.15, 0.2) is 6.10 Å². The van der Waals surface area contributed by atoms with Gasteiger partial charge in [0, 0.05) is 19.3 Å². The molecule has 0 amide bonds. The molecule has 55 heavy (non-hydrogen) atoms. The number of ether oxygens (including phenoxy) is 3. The predicted molar refractivity (Wildman–Crippen MR) is 233 cm³/mol. The Bertz CT molecular complexity index is 812. The summed E-state index contributed by atoms with van der Waals surface area (Å²) in [6.45, 7) is 6.63. The van der Waals surface area contributed by atoms with Crippen LogP contribution in [-0.2, 0) is 28.6 Å². The van der Waals surface area contributed by atoms with Crippen LogP contribution < -0.4 is 0 Å². The van der Waals surface area contributed by atoms with Crippen LogP contribution in [0.25, 0.3) is 0 Å². The second kappa shape index (κ2) is 44.9. The highest BCUT2D eigenvalue weighted by Gasteiger charge is 2.19. The van der Waals surface area contributed by atoms with Crippen LogP contribution >= 0.6 is 0 Å². The molecule has 0 aliphatic rings. The van der Waals surface area contributed by atoms with Gasteiger partial charge < -0.3 is 14.2 Å². The van der Waals surface area contributed by atoms with Crippen molar-refractivity contribution in [3.63, 3.8) is 0 Å². The van der Waals surface area contributed by atoms with Crippen LogP contribution in [0, 0.1) is 0 Å². The largest absolute Gasteiger partial charge is 0.462 e. The Morgan fingerprint density at radius 2 is 0.600 bits per heavy atom. The van der Waals surface area contributed by atoms with Gasteiger partial charge in [-0.25, -0.2) is 0 Å². The summed E-state index contributed by atoms with van der Waals surface area (Å²) < 4.78 is 16.7. The first-order valence-corrected chi connectivity index (χ1v) is 24.2. The first-order valence-electron chi connectivity index (χ1n) is 24.2. The van der Waals surface area contributed by atoms with E-state index in [0.717, 1.165) is 64.2 Å². The third-order valence-electron chi connectivity index (χ3n) is 10.8. The van der Waals surface area contributed by atoms with Gasteiger partial charge in [0.05, 0.1) is 0 Å². The zero-order valence-electron chi connectivity index (χ0n) is 37.0. The molecule has 0 saturated carbocycles. The van der Waals surface area contributed by atoms with Gasteiger partial charge in [0.25, 0.3) is 0 Å². The smallest absolute Gasteiger partial charge is 0.306 e. The Morgan fingerprint density at radius 1 is 0.345 bits per heavy atom. The molecule has 0 rings (SSSR count). The summed E-state index contributed by atoms with van der Waals surface area (Å²) in [5, 5.41) is 0. The Morgan fingerprint density at radius 3 is 0.909 bits per heavy atom. The second-order valence-corrected chi connectivity index (χ2v) is 16.4. The molecule has 0 aromatic heterocycles. The fourth-order valence-electron chi connectivity index (χ4n) is 7.08. The van der Waals surface area contributed by atoms with Crippen LogP contribution in [0.2, 0.25) is 0 Å². The molecular weight excluding hydrogens is 685 g/mol. The van der Waals surface area contributed by atoms with E-state index in [0.29, 0.717) is 19.3 Å². The summed E-state index contributed by atoms with van der Waals surface area (Å²) in [6.07, 6.45) is 47.6. The van der Waals surface area contributed by atoms with Crippen molar-refractivity contribution in [2.24, 2.45) is 0 Å². The Balaban J connectivity index is 4.34. The minimum absolute atomic E-state index is 0.0687. The number of esters is 3. The molecule has 6 heteroatoms. The number of unbranched alkanes of at least 4 members (excludes halogenated alkanes) is 31. The second-order valence-electron chi connectivity index (χ2n) is 16.4. The summed E-state index contributed by atoms with van der Waals surface area (Å²) in [6, 6.07) is 0. The lowest BCUT2D eigenvalue weighted by Crippen LogP contribution is -2.30. The standard InChI is InChI=1S/C49H92O6/c1-4-7-10-13-16-19-22-23-24-25-28-31-34-37-40-43-49(52)55-46(44-53-47(50)41-38-35-32-29-26-20-17-14-11-8-5-2)45-54-48(51)42-39-36-33-30-27-21-18-15-12-9-6-3/h23-24,46H,4-22,25-45H2,1-3H3/b24-23+. The van der Waals surface area contributed by atoms with Gasteiger partial charge in [-0.1, -0.05) is 213 Å². The lowest BCUT2D eigenvalue weighted by Gasteiger charge is -2.18. The van der Waals surface area contributed by atoms with Crippen LogP contribution in [0.1, 0.15) is 265 Å². The van der Waals surface area contributed by atoms with E-state index in [1.54, 1.807) is 0 Å².